The van der Waals surface area contributed by atoms with E-state index in [0.29, 0.717) is 0 Å². The van der Waals surface area contributed by atoms with Crippen LogP contribution >= 0.6 is 9.47 Å². The van der Waals surface area contributed by atoms with E-state index in [9.17, 15) is 0 Å². The van der Waals surface area contributed by atoms with Gasteiger partial charge in [0.15, 0.2) is 0 Å². The molecule has 2 radical (unpaired) electrons. The topological polar surface area (TPSA) is 9.23 Å². The van der Waals surface area contributed by atoms with E-state index in [2.05, 4.69) is 9.47 Å². The number of aryl methyl sites for hydroxylation is 1. The average Bonchev–Trinajstić information content (AvgIpc) is 1.89. The van der Waals surface area contributed by atoms with Crippen molar-refractivity contribution in [2.24, 2.45) is 0 Å². The third kappa shape index (κ3) is 1.43. The van der Waals surface area contributed by atoms with Crippen LogP contribution in [0.4, 0.5) is 0 Å². The number of benzene rings is 1. The molecule has 46 valence electrons. The molecule has 0 saturated heterocycles. The zero-order valence-electron chi connectivity index (χ0n) is 5.16. The molecule has 0 fully saturated rings. The van der Waals surface area contributed by atoms with Crippen LogP contribution in [0.2, 0.25) is 0 Å². The number of hydrogen-bond donors (Lipinski definition) is 0. The molecule has 0 spiro atoms. The summed E-state index contributed by atoms with van der Waals surface area (Å²) in [6.07, 6.45) is 0. The fourth-order valence-electron chi connectivity index (χ4n) is 0.659. The van der Waals surface area contributed by atoms with Crippen molar-refractivity contribution in [3.8, 4) is 5.75 Å². The normalized spacial score (nSPS) is 9.11. The first-order valence-corrected chi connectivity index (χ1v) is 3.08. The summed E-state index contributed by atoms with van der Waals surface area (Å²) in [7, 11) is 3.68. The molecular weight excluding hydrogens is 131 g/mol. The Balaban J connectivity index is 3.01. The molecule has 0 saturated carbocycles. The summed E-state index contributed by atoms with van der Waals surface area (Å²) < 4.78 is 4.74. The number of hydrogen-bond acceptors (Lipinski definition) is 1. The van der Waals surface area contributed by atoms with Crippen LogP contribution in [0.1, 0.15) is 5.56 Å². The summed E-state index contributed by atoms with van der Waals surface area (Å²) in [4.78, 5) is 0. The molecule has 1 rings (SSSR count). The largest absolute Gasteiger partial charge is 0.457 e. The third-order valence-corrected chi connectivity index (χ3v) is 1.39. The lowest BCUT2D eigenvalue weighted by molar-refractivity contribution is 0.640. The van der Waals surface area contributed by atoms with Crippen molar-refractivity contribution in [1.82, 2.24) is 0 Å². The molecule has 2 heteroatoms. The minimum absolute atomic E-state index is 0.820. The molecule has 1 aromatic rings. The Morgan fingerprint density at radius 3 is 2.44 bits per heavy atom. The average molecular weight is 138 g/mol. The van der Waals surface area contributed by atoms with Crippen molar-refractivity contribution in [3.05, 3.63) is 29.8 Å². The molecular formula is C7H7OP. The quantitative estimate of drug-likeness (QED) is 0.542. The molecule has 0 unspecified atom stereocenters. The number of para-hydroxylation sites is 1. The Morgan fingerprint density at radius 1 is 1.33 bits per heavy atom. The van der Waals surface area contributed by atoms with E-state index in [1.54, 1.807) is 0 Å². The molecule has 0 amide bonds. The Morgan fingerprint density at radius 2 is 2.00 bits per heavy atom. The fourth-order valence-corrected chi connectivity index (χ4v) is 0.864. The van der Waals surface area contributed by atoms with Gasteiger partial charge in [0.2, 0.25) is 9.47 Å². The molecule has 0 aliphatic heterocycles. The van der Waals surface area contributed by atoms with Gasteiger partial charge < -0.3 is 4.52 Å². The lowest BCUT2D eigenvalue weighted by Crippen LogP contribution is -1.77. The van der Waals surface area contributed by atoms with Gasteiger partial charge in [-0.15, -0.1) is 0 Å². The third-order valence-electron chi connectivity index (χ3n) is 1.19. The van der Waals surface area contributed by atoms with E-state index in [0.717, 1.165) is 11.3 Å². The first-order chi connectivity index (χ1) is 4.34. The second-order valence-corrected chi connectivity index (χ2v) is 2.04. The van der Waals surface area contributed by atoms with Gasteiger partial charge in [-0.25, -0.2) is 0 Å². The summed E-state index contributed by atoms with van der Waals surface area (Å²) >= 11 is 0. The van der Waals surface area contributed by atoms with Gasteiger partial charge in [0.1, 0.15) is 5.75 Å². The zero-order chi connectivity index (χ0) is 6.69. The smallest absolute Gasteiger partial charge is 0.232 e. The minimum Gasteiger partial charge on any atom is -0.457 e. The predicted octanol–water partition coefficient (Wildman–Crippen LogP) is 2.70. The first-order valence-electron chi connectivity index (χ1n) is 2.71. The van der Waals surface area contributed by atoms with E-state index in [-0.39, 0.29) is 0 Å². The maximum absolute atomic E-state index is 4.74. The molecule has 0 heterocycles. The van der Waals surface area contributed by atoms with Gasteiger partial charge >= 0.3 is 0 Å². The van der Waals surface area contributed by atoms with Crippen molar-refractivity contribution >= 4 is 9.47 Å². The maximum Gasteiger partial charge on any atom is 0.232 e. The van der Waals surface area contributed by atoms with E-state index in [1.807, 2.05) is 31.2 Å². The second-order valence-electron chi connectivity index (χ2n) is 1.86. The van der Waals surface area contributed by atoms with Crippen molar-refractivity contribution in [1.29, 1.82) is 0 Å². The van der Waals surface area contributed by atoms with Crippen LogP contribution in [0.5, 0.6) is 5.75 Å². The standard InChI is InChI=1S/C7H7OP/c1-6-4-2-3-5-7(6)8-9/h2-5H,1H3. The van der Waals surface area contributed by atoms with Crippen LogP contribution in [0.3, 0.4) is 0 Å². The number of rotatable bonds is 1. The first kappa shape index (κ1) is 6.57. The van der Waals surface area contributed by atoms with E-state index in [1.165, 1.54) is 0 Å². The Labute approximate surface area is 57.3 Å². The zero-order valence-corrected chi connectivity index (χ0v) is 6.06. The van der Waals surface area contributed by atoms with Gasteiger partial charge in [-0.05, 0) is 18.6 Å². The fraction of sp³-hybridized carbons (Fsp3) is 0.143. The Kier molecular flexibility index (Phi) is 2.07. The molecule has 9 heavy (non-hydrogen) atoms. The van der Waals surface area contributed by atoms with Crippen molar-refractivity contribution in [2.75, 3.05) is 0 Å². The molecule has 0 aliphatic rings. The van der Waals surface area contributed by atoms with Gasteiger partial charge in [0.05, 0.1) is 0 Å². The molecule has 0 aliphatic carbocycles. The summed E-state index contributed by atoms with van der Waals surface area (Å²) in [6.45, 7) is 1.98. The lowest BCUT2D eigenvalue weighted by atomic mass is 10.2. The van der Waals surface area contributed by atoms with E-state index in [4.69, 9.17) is 4.52 Å². The van der Waals surface area contributed by atoms with Gasteiger partial charge in [-0.1, -0.05) is 18.2 Å². The Hall–Kier alpha value is -0.550. The highest BCUT2D eigenvalue weighted by atomic mass is 31.0. The molecule has 0 atom stereocenters. The van der Waals surface area contributed by atoms with Crippen LogP contribution in [0.25, 0.3) is 0 Å². The Bertz CT molecular complexity index is 198. The van der Waals surface area contributed by atoms with Crippen LogP contribution < -0.4 is 4.52 Å². The van der Waals surface area contributed by atoms with Crippen molar-refractivity contribution in [2.45, 2.75) is 6.92 Å². The van der Waals surface area contributed by atoms with Gasteiger partial charge in [0.25, 0.3) is 0 Å². The van der Waals surface area contributed by atoms with E-state index < -0.39 is 0 Å². The van der Waals surface area contributed by atoms with Crippen LogP contribution in [-0.2, 0) is 0 Å². The van der Waals surface area contributed by atoms with Crippen molar-refractivity contribution < 1.29 is 4.52 Å². The monoisotopic (exact) mass is 138 g/mol. The second kappa shape index (κ2) is 2.84. The highest BCUT2D eigenvalue weighted by molar-refractivity contribution is 7.10. The van der Waals surface area contributed by atoms with Gasteiger partial charge in [0, 0.05) is 0 Å². The lowest BCUT2D eigenvalue weighted by Gasteiger charge is -1.98. The highest BCUT2D eigenvalue weighted by Crippen LogP contribution is 2.17. The van der Waals surface area contributed by atoms with Crippen LogP contribution in [0.15, 0.2) is 24.3 Å². The SMILES string of the molecule is Cc1ccccc1O[P]. The summed E-state index contributed by atoms with van der Waals surface area (Å²) in [5.41, 5.74) is 1.10. The molecule has 0 aromatic heterocycles. The molecule has 0 N–H and O–H groups in total. The highest BCUT2D eigenvalue weighted by Gasteiger charge is 1.91. The molecule has 1 nitrogen and oxygen atoms in total. The maximum atomic E-state index is 4.74. The van der Waals surface area contributed by atoms with Crippen LogP contribution in [-0.4, -0.2) is 0 Å². The minimum atomic E-state index is 0.820. The summed E-state index contributed by atoms with van der Waals surface area (Å²) in [5.74, 6) is 0.820. The summed E-state index contributed by atoms with van der Waals surface area (Å²) in [5, 5.41) is 0. The summed E-state index contributed by atoms with van der Waals surface area (Å²) in [6, 6.07) is 7.73. The molecule has 1 aromatic carbocycles. The molecule has 0 bridgehead atoms. The van der Waals surface area contributed by atoms with E-state index >= 15 is 0 Å². The van der Waals surface area contributed by atoms with Crippen LogP contribution in [0, 0.1) is 6.92 Å². The predicted molar refractivity (Wildman–Crippen MR) is 38.7 cm³/mol. The van der Waals surface area contributed by atoms with Crippen molar-refractivity contribution in [3.63, 3.8) is 0 Å². The van der Waals surface area contributed by atoms with Gasteiger partial charge in [-0.2, -0.15) is 0 Å². The van der Waals surface area contributed by atoms with Gasteiger partial charge in [-0.3, -0.25) is 0 Å².